The number of hydrogen-bond donors (Lipinski definition) is 0. The standard InChI is InChI=1S/2C7H16O/c2*1-3-4-5-6-7-8-2/h2*3-7H2,1-2H3. The van der Waals surface area contributed by atoms with Crippen LogP contribution in [0.25, 0.3) is 0 Å². The lowest BCUT2D eigenvalue weighted by Gasteiger charge is -1.95. The topological polar surface area (TPSA) is 18.5 Å². The Hall–Kier alpha value is -0.0800. The van der Waals surface area contributed by atoms with Crippen molar-refractivity contribution >= 4 is 0 Å². The molecule has 0 aliphatic carbocycles. The van der Waals surface area contributed by atoms with E-state index in [1.54, 1.807) is 14.2 Å². The SMILES string of the molecule is CCCCCCOC.CCCCCCOC. The Morgan fingerprint density at radius 3 is 1.19 bits per heavy atom. The van der Waals surface area contributed by atoms with Gasteiger partial charge in [0, 0.05) is 27.4 Å². The molecule has 0 aromatic heterocycles. The molecule has 0 N–H and O–H groups in total. The molecular weight excluding hydrogens is 200 g/mol. The normalized spacial score (nSPS) is 9.75. The van der Waals surface area contributed by atoms with E-state index in [-0.39, 0.29) is 0 Å². The zero-order chi connectivity index (χ0) is 12.5. The molecule has 0 fully saturated rings. The van der Waals surface area contributed by atoms with Gasteiger partial charge in [-0.2, -0.15) is 0 Å². The number of ether oxygens (including phenoxy) is 2. The molecule has 0 rings (SSSR count). The molecule has 0 bridgehead atoms. The van der Waals surface area contributed by atoms with Gasteiger partial charge in [-0.05, 0) is 12.8 Å². The molecule has 0 saturated carbocycles. The molecule has 0 aromatic carbocycles. The number of hydrogen-bond acceptors (Lipinski definition) is 2. The molecule has 0 unspecified atom stereocenters. The highest BCUT2D eigenvalue weighted by Gasteiger charge is 1.84. The Labute approximate surface area is 103 Å². The fourth-order valence-corrected chi connectivity index (χ4v) is 1.35. The van der Waals surface area contributed by atoms with Crippen LogP contribution in [-0.4, -0.2) is 27.4 Å². The van der Waals surface area contributed by atoms with E-state index in [4.69, 9.17) is 9.47 Å². The first kappa shape index (κ1) is 18.3. The maximum absolute atomic E-state index is 4.89. The predicted molar refractivity (Wildman–Crippen MR) is 72.0 cm³/mol. The molecule has 0 aliphatic rings. The molecule has 0 aliphatic heterocycles. The monoisotopic (exact) mass is 232 g/mol. The van der Waals surface area contributed by atoms with Crippen molar-refractivity contribution in [2.45, 2.75) is 65.2 Å². The van der Waals surface area contributed by atoms with E-state index in [0.29, 0.717) is 0 Å². The molecule has 0 radical (unpaired) electrons. The summed E-state index contributed by atoms with van der Waals surface area (Å²) in [5.41, 5.74) is 0. The molecule has 100 valence electrons. The highest BCUT2D eigenvalue weighted by Crippen LogP contribution is 1.98. The van der Waals surface area contributed by atoms with E-state index >= 15 is 0 Å². The van der Waals surface area contributed by atoms with Crippen molar-refractivity contribution in [1.29, 1.82) is 0 Å². The second kappa shape index (κ2) is 20.3. The average Bonchev–Trinajstić information content (AvgIpc) is 2.31. The lowest BCUT2D eigenvalue weighted by atomic mass is 10.2. The maximum atomic E-state index is 4.89. The molecule has 16 heavy (non-hydrogen) atoms. The van der Waals surface area contributed by atoms with E-state index in [1.807, 2.05) is 0 Å². The molecule has 2 heteroatoms. The van der Waals surface area contributed by atoms with Crippen LogP contribution in [0.4, 0.5) is 0 Å². The van der Waals surface area contributed by atoms with Gasteiger partial charge in [-0.1, -0.05) is 52.4 Å². The van der Waals surface area contributed by atoms with Crippen molar-refractivity contribution in [2.75, 3.05) is 27.4 Å². The van der Waals surface area contributed by atoms with E-state index in [1.165, 1.54) is 51.4 Å². The zero-order valence-corrected chi connectivity index (χ0v) is 11.9. The summed E-state index contributed by atoms with van der Waals surface area (Å²) in [6.07, 6.45) is 10.4. The van der Waals surface area contributed by atoms with Crippen LogP contribution in [0.5, 0.6) is 0 Å². The largest absolute Gasteiger partial charge is 0.385 e. The lowest BCUT2D eigenvalue weighted by Crippen LogP contribution is -1.86. The van der Waals surface area contributed by atoms with Gasteiger partial charge in [0.15, 0.2) is 0 Å². The van der Waals surface area contributed by atoms with Gasteiger partial charge in [0.25, 0.3) is 0 Å². The molecule has 0 amide bonds. The highest BCUT2D eigenvalue weighted by molar-refractivity contribution is 4.37. The Morgan fingerprint density at radius 2 is 0.938 bits per heavy atom. The van der Waals surface area contributed by atoms with Crippen LogP contribution in [0.2, 0.25) is 0 Å². The summed E-state index contributed by atoms with van der Waals surface area (Å²) in [7, 11) is 3.51. The molecule has 0 aromatic rings. The summed E-state index contributed by atoms with van der Waals surface area (Å²) in [4.78, 5) is 0. The number of unbranched alkanes of at least 4 members (excludes halogenated alkanes) is 6. The summed E-state index contributed by atoms with van der Waals surface area (Å²) in [5.74, 6) is 0. The van der Waals surface area contributed by atoms with Gasteiger partial charge in [0.1, 0.15) is 0 Å². The zero-order valence-electron chi connectivity index (χ0n) is 11.9. The van der Waals surface area contributed by atoms with Crippen LogP contribution in [0.3, 0.4) is 0 Å². The maximum Gasteiger partial charge on any atom is 0.0462 e. The molecular formula is C14H32O2. The molecule has 0 spiro atoms. The van der Waals surface area contributed by atoms with Gasteiger partial charge in [-0.15, -0.1) is 0 Å². The minimum absolute atomic E-state index is 0.931. The first-order valence-corrected chi connectivity index (χ1v) is 6.81. The van der Waals surface area contributed by atoms with Crippen LogP contribution in [0.1, 0.15) is 65.2 Å². The van der Waals surface area contributed by atoms with Gasteiger partial charge in [0.2, 0.25) is 0 Å². The highest BCUT2D eigenvalue weighted by atomic mass is 16.5. The summed E-state index contributed by atoms with van der Waals surface area (Å²) in [5, 5.41) is 0. The van der Waals surface area contributed by atoms with Crippen LogP contribution >= 0.6 is 0 Å². The molecule has 0 heterocycles. The average molecular weight is 232 g/mol. The molecule has 0 atom stereocenters. The predicted octanol–water partition coefficient (Wildman–Crippen LogP) is 4.43. The summed E-state index contributed by atoms with van der Waals surface area (Å²) in [6.45, 7) is 6.29. The van der Waals surface area contributed by atoms with Crippen molar-refractivity contribution in [3.63, 3.8) is 0 Å². The van der Waals surface area contributed by atoms with E-state index in [2.05, 4.69) is 13.8 Å². The number of methoxy groups -OCH3 is 2. The smallest absolute Gasteiger partial charge is 0.0462 e. The number of rotatable bonds is 10. The Kier molecular flexibility index (Phi) is 23.3. The molecule has 0 saturated heterocycles. The Bertz CT molecular complexity index is 70.7. The van der Waals surface area contributed by atoms with Crippen LogP contribution in [-0.2, 0) is 9.47 Å². The fourth-order valence-electron chi connectivity index (χ4n) is 1.35. The third-order valence-corrected chi connectivity index (χ3v) is 2.40. The summed E-state index contributed by atoms with van der Waals surface area (Å²) in [6, 6.07) is 0. The lowest BCUT2D eigenvalue weighted by molar-refractivity contribution is 0.192. The van der Waals surface area contributed by atoms with Gasteiger partial charge >= 0.3 is 0 Å². The van der Waals surface area contributed by atoms with Crippen molar-refractivity contribution in [3.8, 4) is 0 Å². The van der Waals surface area contributed by atoms with Gasteiger partial charge in [-0.3, -0.25) is 0 Å². The van der Waals surface area contributed by atoms with E-state index in [0.717, 1.165) is 13.2 Å². The van der Waals surface area contributed by atoms with Crippen molar-refractivity contribution in [3.05, 3.63) is 0 Å². The molecule has 2 nitrogen and oxygen atoms in total. The van der Waals surface area contributed by atoms with Gasteiger partial charge in [-0.25, -0.2) is 0 Å². The van der Waals surface area contributed by atoms with Crippen molar-refractivity contribution < 1.29 is 9.47 Å². The third-order valence-electron chi connectivity index (χ3n) is 2.40. The van der Waals surface area contributed by atoms with Crippen LogP contribution < -0.4 is 0 Å². The fraction of sp³-hybridized carbons (Fsp3) is 1.00. The van der Waals surface area contributed by atoms with E-state index in [9.17, 15) is 0 Å². The van der Waals surface area contributed by atoms with E-state index < -0.39 is 0 Å². The third kappa shape index (κ3) is 23.6. The van der Waals surface area contributed by atoms with Crippen molar-refractivity contribution in [2.24, 2.45) is 0 Å². The second-order valence-corrected chi connectivity index (χ2v) is 4.11. The van der Waals surface area contributed by atoms with Crippen molar-refractivity contribution in [1.82, 2.24) is 0 Å². The minimum atomic E-state index is 0.931. The first-order valence-electron chi connectivity index (χ1n) is 6.81. The van der Waals surface area contributed by atoms with Crippen LogP contribution in [0, 0.1) is 0 Å². The Morgan fingerprint density at radius 1 is 0.562 bits per heavy atom. The minimum Gasteiger partial charge on any atom is -0.385 e. The summed E-state index contributed by atoms with van der Waals surface area (Å²) < 4.78 is 9.78. The quantitative estimate of drug-likeness (QED) is 0.519. The Balaban J connectivity index is 0. The van der Waals surface area contributed by atoms with Gasteiger partial charge < -0.3 is 9.47 Å². The summed E-state index contributed by atoms with van der Waals surface area (Å²) >= 11 is 0. The van der Waals surface area contributed by atoms with Crippen LogP contribution in [0.15, 0.2) is 0 Å². The first-order chi connectivity index (χ1) is 7.83. The van der Waals surface area contributed by atoms with Gasteiger partial charge in [0.05, 0.1) is 0 Å². The second-order valence-electron chi connectivity index (χ2n) is 4.11.